The number of hydrogen-bond acceptors (Lipinski definition) is 2. The molecule has 0 amide bonds. The van der Waals surface area contributed by atoms with Gasteiger partial charge in [0.1, 0.15) is 0 Å². The Morgan fingerprint density at radius 2 is 1.95 bits per heavy atom. The lowest BCUT2D eigenvalue weighted by Crippen LogP contribution is -2.09. The van der Waals surface area contributed by atoms with Crippen LogP contribution < -0.4 is 11.0 Å². The first kappa shape index (κ1) is 13.9. The summed E-state index contributed by atoms with van der Waals surface area (Å²) in [6, 6.07) is 14.4. The molecule has 0 saturated carbocycles. The van der Waals surface area contributed by atoms with E-state index in [4.69, 9.17) is 0 Å². The van der Waals surface area contributed by atoms with Crippen LogP contribution in [0.1, 0.15) is 24.9 Å². The van der Waals surface area contributed by atoms with Crippen molar-refractivity contribution in [3.05, 3.63) is 63.0 Å². The fraction of sp³-hybridized carbons (Fsp3) is 0.188. The Morgan fingerprint density at radius 3 is 2.71 bits per heavy atom. The number of hydrogen-bond donors (Lipinski definition) is 3. The third-order valence-electron chi connectivity index (χ3n) is 3.52. The lowest BCUT2D eigenvalue weighted by atomic mass is 10.0. The van der Waals surface area contributed by atoms with Crippen LogP contribution in [0.3, 0.4) is 0 Å². The average Bonchev–Trinajstić information content (AvgIpc) is 2.84. The van der Waals surface area contributed by atoms with Crippen LogP contribution in [-0.4, -0.2) is 9.97 Å². The Bertz CT molecular complexity index is 822. The summed E-state index contributed by atoms with van der Waals surface area (Å²) in [7, 11) is 0. The van der Waals surface area contributed by atoms with Gasteiger partial charge in [-0.1, -0.05) is 35.0 Å². The maximum absolute atomic E-state index is 11.3. The summed E-state index contributed by atoms with van der Waals surface area (Å²) in [5.74, 6) is 0. The lowest BCUT2D eigenvalue weighted by molar-refractivity contribution is 0.749. The highest BCUT2D eigenvalue weighted by atomic mass is 79.9. The molecule has 21 heavy (non-hydrogen) atoms. The zero-order valence-corrected chi connectivity index (χ0v) is 13.2. The van der Waals surface area contributed by atoms with E-state index in [-0.39, 0.29) is 11.7 Å². The Morgan fingerprint density at radius 1 is 1.14 bits per heavy atom. The molecule has 1 heterocycles. The van der Waals surface area contributed by atoms with E-state index in [2.05, 4.69) is 50.3 Å². The van der Waals surface area contributed by atoms with E-state index < -0.39 is 0 Å². The molecule has 1 aromatic heterocycles. The largest absolute Gasteiger partial charge is 0.378 e. The predicted octanol–water partition coefficient (Wildman–Crippen LogP) is 4.18. The van der Waals surface area contributed by atoms with Gasteiger partial charge in [-0.25, -0.2) is 4.79 Å². The highest BCUT2D eigenvalue weighted by Gasteiger charge is 2.10. The zero-order chi connectivity index (χ0) is 14.8. The van der Waals surface area contributed by atoms with Crippen molar-refractivity contribution < 1.29 is 0 Å². The van der Waals surface area contributed by atoms with Crippen molar-refractivity contribution in [2.24, 2.45) is 0 Å². The summed E-state index contributed by atoms with van der Waals surface area (Å²) >= 11 is 3.51. The highest BCUT2D eigenvalue weighted by Crippen LogP contribution is 2.26. The van der Waals surface area contributed by atoms with E-state index in [1.807, 2.05) is 30.3 Å². The van der Waals surface area contributed by atoms with Gasteiger partial charge in [0.05, 0.1) is 17.1 Å². The first-order valence-corrected chi connectivity index (χ1v) is 7.69. The molecule has 4 nitrogen and oxygen atoms in total. The van der Waals surface area contributed by atoms with E-state index in [1.165, 1.54) is 5.56 Å². The van der Waals surface area contributed by atoms with E-state index in [0.717, 1.165) is 27.6 Å². The van der Waals surface area contributed by atoms with Gasteiger partial charge >= 0.3 is 5.69 Å². The number of halogens is 1. The van der Waals surface area contributed by atoms with Crippen molar-refractivity contribution in [1.82, 2.24) is 9.97 Å². The van der Waals surface area contributed by atoms with Crippen molar-refractivity contribution in [3.63, 3.8) is 0 Å². The van der Waals surface area contributed by atoms with Gasteiger partial charge in [-0.15, -0.1) is 0 Å². The first-order valence-electron chi connectivity index (χ1n) is 6.90. The number of aromatic amines is 2. The van der Waals surface area contributed by atoms with Crippen LogP contribution in [0.2, 0.25) is 0 Å². The van der Waals surface area contributed by atoms with Gasteiger partial charge < -0.3 is 15.3 Å². The summed E-state index contributed by atoms with van der Waals surface area (Å²) in [4.78, 5) is 16.8. The second-order valence-electron chi connectivity index (χ2n) is 5.00. The minimum atomic E-state index is -0.179. The average molecular weight is 346 g/mol. The van der Waals surface area contributed by atoms with Crippen LogP contribution >= 0.6 is 15.9 Å². The molecule has 0 spiro atoms. The van der Waals surface area contributed by atoms with Gasteiger partial charge in [0.2, 0.25) is 0 Å². The molecule has 0 aliphatic heterocycles. The van der Waals surface area contributed by atoms with E-state index in [0.29, 0.717) is 0 Å². The highest BCUT2D eigenvalue weighted by molar-refractivity contribution is 9.10. The Labute approximate surface area is 130 Å². The Hall–Kier alpha value is -2.01. The van der Waals surface area contributed by atoms with Crippen LogP contribution in [0, 0.1) is 0 Å². The number of aromatic nitrogens is 2. The molecular weight excluding hydrogens is 330 g/mol. The zero-order valence-electron chi connectivity index (χ0n) is 11.6. The van der Waals surface area contributed by atoms with Crippen molar-refractivity contribution in [2.45, 2.75) is 19.4 Å². The number of fused-ring (bicyclic) bond motifs is 1. The Balaban J connectivity index is 1.89. The van der Waals surface area contributed by atoms with Crippen LogP contribution in [0.25, 0.3) is 11.0 Å². The van der Waals surface area contributed by atoms with E-state index in [1.54, 1.807) is 0 Å². The maximum atomic E-state index is 11.3. The second-order valence-corrected chi connectivity index (χ2v) is 5.92. The van der Waals surface area contributed by atoms with Crippen molar-refractivity contribution in [2.75, 3.05) is 5.32 Å². The van der Waals surface area contributed by atoms with Crippen LogP contribution in [0.15, 0.2) is 51.7 Å². The number of H-pyrrole nitrogens is 2. The van der Waals surface area contributed by atoms with Gasteiger partial charge in [-0.05, 0) is 42.3 Å². The molecule has 0 radical (unpaired) electrons. The molecule has 108 valence electrons. The third kappa shape index (κ3) is 3.03. The summed E-state index contributed by atoms with van der Waals surface area (Å²) in [6.45, 7) is 2.15. The maximum Gasteiger partial charge on any atom is 0.323 e. The van der Waals surface area contributed by atoms with Crippen LogP contribution in [0.5, 0.6) is 0 Å². The molecule has 1 atom stereocenters. The second kappa shape index (κ2) is 5.77. The molecule has 1 unspecified atom stereocenters. The minimum Gasteiger partial charge on any atom is -0.378 e. The molecule has 2 aromatic carbocycles. The quantitative estimate of drug-likeness (QED) is 0.664. The molecule has 3 aromatic rings. The van der Waals surface area contributed by atoms with Crippen LogP contribution in [0.4, 0.5) is 5.69 Å². The third-order valence-corrected chi connectivity index (χ3v) is 4.01. The molecule has 5 heteroatoms. The van der Waals surface area contributed by atoms with Gasteiger partial charge in [0.25, 0.3) is 0 Å². The number of imidazole rings is 1. The lowest BCUT2D eigenvalue weighted by Gasteiger charge is -2.19. The summed E-state index contributed by atoms with van der Waals surface area (Å²) in [5, 5.41) is 3.52. The number of rotatable bonds is 4. The summed E-state index contributed by atoms with van der Waals surface area (Å²) in [5.41, 5.74) is 3.68. The number of benzene rings is 2. The SMILES string of the molecule is CCC(Nc1ccc2[nH]c(=O)[nH]c2c1)c1cccc(Br)c1. The minimum absolute atomic E-state index is 0.179. The monoisotopic (exact) mass is 345 g/mol. The number of anilines is 1. The predicted molar refractivity (Wildman–Crippen MR) is 89.7 cm³/mol. The standard InChI is InChI=1S/C16H16BrN3O/c1-2-13(10-4-3-5-11(17)8-10)18-12-6-7-14-15(9-12)20-16(21)19-14/h3-9,13,18H,2H2,1H3,(H2,19,20,21). The topological polar surface area (TPSA) is 60.7 Å². The molecule has 0 bridgehead atoms. The molecule has 3 rings (SSSR count). The van der Waals surface area contributed by atoms with Gasteiger partial charge in [0.15, 0.2) is 0 Å². The van der Waals surface area contributed by atoms with Crippen molar-refractivity contribution in [1.29, 1.82) is 0 Å². The molecule has 0 fully saturated rings. The fourth-order valence-electron chi connectivity index (χ4n) is 2.47. The number of nitrogens with one attached hydrogen (secondary N) is 3. The van der Waals surface area contributed by atoms with Crippen molar-refractivity contribution >= 4 is 32.7 Å². The molecule has 0 aliphatic carbocycles. The summed E-state index contributed by atoms with van der Waals surface area (Å²) in [6.07, 6.45) is 0.970. The first-order chi connectivity index (χ1) is 10.2. The molecule has 0 aliphatic rings. The molecule has 0 saturated heterocycles. The van der Waals surface area contributed by atoms with E-state index >= 15 is 0 Å². The molecular formula is C16H16BrN3O. The van der Waals surface area contributed by atoms with Gasteiger partial charge in [-0.3, -0.25) is 0 Å². The normalized spacial score (nSPS) is 12.5. The molecule has 3 N–H and O–H groups in total. The van der Waals surface area contributed by atoms with Crippen LogP contribution in [-0.2, 0) is 0 Å². The Kier molecular flexibility index (Phi) is 3.84. The van der Waals surface area contributed by atoms with Gasteiger partial charge in [0, 0.05) is 10.2 Å². The van der Waals surface area contributed by atoms with Gasteiger partial charge in [-0.2, -0.15) is 0 Å². The fourth-order valence-corrected chi connectivity index (χ4v) is 2.88. The van der Waals surface area contributed by atoms with Crippen molar-refractivity contribution in [3.8, 4) is 0 Å². The smallest absolute Gasteiger partial charge is 0.323 e. The summed E-state index contributed by atoms with van der Waals surface area (Å²) < 4.78 is 1.07. The van der Waals surface area contributed by atoms with E-state index in [9.17, 15) is 4.79 Å².